The molecule has 1 aliphatic heterocycles. The van der Waals surface area contributed by atoms with Crippen LogP contribution >= 0.6 is 0 Å². The fraction of sp³-hybridized carbons (Fsp3) is 0.182. The summed E-state index contributed by atoms with van der Waals surface area (Å²) in [5.41, 5.74) is 1.92. The Bertz CT molecular complexity index is 368. The summed E-state index contributed by atoms with van der Waals surface area (Å²) in [4.78, 5) is 13.3. The second kappa shape index (κ2) is 3.05. The molecule has 13 heavy (non-hydrogen) atoms. The normalized spacial score (nSPS) is 15.5. The zero-order valence-corrected chi connectivity index (χ0v) is 7.53. The van der Waals surface area contributed by atoms with Crippen molar-refractivity contribution in [3.63, 3.8) is 0 Å². The zero-order chi connectivity index (χ0) is 9.26. The predicted octanol–water partition coefficient (Wildman–Crippen LogP) is 1.83. The minimum atomic E-state index is 0.0735. The molecule has 66 valence electrons. The number of nitrogens with zero attached hydrogens (tertiary/aromatic N) is 1. The SMILES string of the molecule is CN1C=CCc2ccccc2C1=O. The van der Waals surface area contributed by atoms with E-state index < -0.39 is 0 Å². The molecule has 2 nitrogen and oxygen atoms in total. The Morgan fingerprint density at radius 3 is 2.92 bits per heavy atom. The Morgan fingerprint density at radius 2 is 2.08 bits per heavy atom. The Hall–Kier alpha value is -1.57. The molecule has 1 aliphatic rings. The molecule has 0 saturated heterocycles. The van der Waals surface area contributed by atoms with E-state index in [1.165, 1.54) is 0 Å². The van der Waals surface area contributed by atoms with Crippen molar-refractivity contribution in [2.75, 3.05) is 7.05 Å². The van der Waals surface area contributed by atoms with Gasteiger partial charge in [0.25, 0.3) is 5.91 Å². The van der Waals surface area contributed by atoms with Crippen molar-refractivity contribution in [1.82, 2.24) is 4.90 Å². The molecule has 0 aromatic heterocycles. The van der Waals surface area contributed by atoms with Crippen molar-refractivity contribution in [2.24, 2.45) is 0 Å². The topological polar surface area (TPSA) is 20.3 Å². The van der Waals surface area contributed by atoms with Gasteiger partial charge in [0.05, 0.1) is 0 Å². The van der Waals surface area contributed by atoms with Gasteiger partial charge in [0.1, 0.15) is 0 Å². The van der Waals surface area contributed by atoms with Gasteiger partial charge >= 0.3 is 0 Å². The molecule has 2 heteroatoms. The van der Waals surface area contributed by atoms with Crippen LogP contribution in [-0.2, 0) is 6.42 Å². The molecule has 1 aromatic rings. The van der Waals surface area contributed by atoms with E-state index in [0.29, 0.717) is 0 Å². The van der Waals surface area contributed by atoms with Crippen molar-refractivity contribution < 1.29 is 4.79 Å². The summed E-state index contributed by atoms with van der Waals surface area (Å²) in [5.74, 6) is 0.0735. The predicted molar refractivity (Wildman–Crippen MR) is 51.4 cm³/mol. The monoisotopic (exact) mass is 173 g/mol. The number of carbonyl (C=O) groups is 1. The van der Waals surface area contributed by atoms with Crippen LogP contribution in [0.5, 0.6) is 0 Å². The summed E-state index contributed by atoms with van der Waals surface area (Å²) in [5, 5.41) is 0. The van der Waals surface area contributed by atoms with Crippen molar-refractivity contribution in [1.29, 1.82) is 0 Å². The quantitative estimate of drug-likeness (QED) is 0.586. The van der Waals surface area contributed by atoms with Crippen LogP contribution in [0.3, 0.4) is 0 Å². The minimum absolute atomic E-state index is 0.0735. The lowest BCUT2D eigenvalue weighted by Gasteiger charge is -2.10. The first-order valence-electron chi connectivity index (χ1n) is 4.31. The van der Waals surface area contributed by atoms with E-state index in [1.54, 1.807) is 11.9 Å². The van der Waals surface area contributed by atoms with Crippen LogP contribution in [0.1, 0.15) is 15.9 Å². The molecule has 0 spiro atoms. The highest BCUT2D eigenvalue weighted by Crippen LogP contribution is 2.15. The van der Waals surface area contributed by atoms with E-state index in [0.717, 1.165) is 17.5 Å². The molecule has 0 N–H and O–H groups in total. The van der Waals surface area contributed by atoms with Crippen molar-refractivity contribution in [2.45, 2.75) is 6.42 Å². The molecular weight excluding hydrogens is 162 g/mol. The molecule has 2 rings (SSSR count). The van der Waals surface area contributed by atoms with Crippen LogP contribution in [0.15, 0.2) is 36.5 Å². The van der Waals surface area contributed by atoms with Crippen LogP contribution < -0.4 is 0 Å². The van der Waals surface area contributed by atoms with Gasteiger partial charge in [-0.05, 0) is 18.1 Å². The third-order valence-electron chi connectivity index (χ3n) is 2.23. The molecule has 0 saturated carbocycles. The van der Waals surface area contributed by atoms with E-state index in [-0.39, 0.29) is 5.91 Å². The number of carbonyl (C=O) groups excluding carboxylic acids is 1. The first-order valence-corrected chi connectivity index (χ1v) is 4.31. The molecule has 1 amide bonds. The summed E-state index contributed by atoms with van der Waals surface area (Å²) in [6, 6.07) is 7.74. The van der Waals surface area contributed by atoms with E-state index in [2.05, 4.69) is 0 Å². The van der Waals surface area contributed by atoms with E-state index in [9.17, 15) is 4.79 Å². The molecule has 1 heterocycles. The van der Waals surface area contributed by atoms with Crippen LogP contribution in [0.25, 0.3) is 0 Å². The lowest BCUT2D eigenvalue weighted by Crippen LogP contribution is -2.20. The third-order valence-corrected chi connectivity index (χ3v) is 2.23. The standard InChI is InChI=1S/C11H11NO/c1-12-8-4-6-9-5-2-3-7-10(9)11(12)13/h2-5,7-8H,6H2,1H3. The zero-order valence-electron chi connectivity index (χ0n) is 7.53. The van der Waals surface area contributed by atoms with E-state index in [4.69, 9.17) is 0 Å². The van der Waals surface area contributed by atoms with Crippen LogP contribution in [0, 0.1) is 0 Å². The van der Waals surface area contributed by atoms with E-state index >= 15 is 0 Å². The number of amides is 1. The molecular formula is C11H11NO. The summed E-state index contributed by atoms with van der Waals surface area (Å²) in [6.07, 6.45) is 4.66. The Labute approximate surface area is 77.5 Å². The summed E-state index contributed by atoms with van der Waals surface area (Å²) in [6.45, 7) is 0. The van der Waals surface area contributed by atoms with Gasteiger partial charge in [-0.2, -0.15) is 0 Å². The lowest BCUT2D eigenvalue weighted by molar-refractivity contribution is 0.0851. The average molecular weight is 173 g/mol. The van der Waals surface area contributed by atoms with Gasteiger partial charge in [-0.25, -0.2) is 0 Å². The smallest absolute Gasteiger partial charge is 0.257 e. The summed E-state index contributed by atoms with van der Waals surface area (Å²) < 4.78 is 0. The molecule has 0 radical (unpaired) electrons. The first kappa shape index (κ1) is 8.05. The van der Waals surface area contributed by atoms with Crippen molar-refractivity contribution >= 4 is 5.91 Å². The summed E-state index contributed by atoms with van der Waals surface area (Å²) >= 11 is 0. The number of hydrogen-bond acceptors (Lipinski definition) is 1. The maximum absolute atomic E-state index is 11.7. The molecule has 0 bridgehead atoms. The highest BCUT2D eigenvalue weighted by molar-refractivity contribution is 5.96. The summed E-state index contributed by atoms with van der Waals surface area (Å²) in [7, 11) is 1.78. The molecule has 0 unspecified atom stereocenters. The number of allylic oxidation sites excluding steroid dienone is 1. The van der Waals surface area contributed by atoms with Gasteiger partial charge in [0.15, 0.2) is 0 Å². The third kappa shape index (κ3) is 1.35. The highest BCUT2D eigenvalue weighted by Gasteiger charge is 2.14. The largest absolute Gasteiger partial charge is 0.318 e. The van der Waals surface area contributed by atoms with E-state index in [1.807, 2.05) is 36.5 Å². The average Bonchev–Trinajstić information content (AvgIpc) is 2.29. The van der Waals surface area contributed by atoms with Crippen LogP contribution in [0.4, 0.5) is 0 Å². The maximum atomic E-state index is 11.7. The fourth-order valence-corrected chi connectivity index (χ4v) is 1.50. The number of rotatable bonds is 0. The van der Waals surface area contributed by atoms with Gasteiger partial charge in [-0.1, -0.05) is 24.3 Å². The van der Waals surface area contributed by atoms with Crippen LogP contribution in [0.2, 0.25) is 0 Å². The maximum Gasteiger partial charge on any atom is 0.257 e. The van der Waals surface area contributed by atoms with Gasteiger partial charge in [-0.15, -0.1) is 0 Å². The molecule has 0 fully saturated rings. The van der Waals surface area contributed by atoms with Gasteiger partial charge in [0.2, 0.25) is 0 Å². The lowest BCUT2D eigenvalue weighted by atomic mass is 10.1. The van der Waals surface area contributed by atoms with Gasteiger partial charge in [0, 0.05) is 18.8 Å². The number of fused-ring (bicyclic) bond motifs is 1. The molecule has 0 aliphatic carbocycles. The molecule has 0 atom stereocenters. The van der Waals surface area contributed by atoms with Crippen molar-refractivity contribution in [3.05, 3.63) is 47.7 Å². The Kier molecular flexibility index (Phi) is 1.89. The fourth-order valence-electron chi connectivity index (χ4n) is 1.50. The Balaban J connectivity index is 2.53. The van der Waals surface area contributed by atoms with Gasteiger partial charge < -0.3 is 4.90 Å². The van der Waals surface area contributed by atoms with Crippen molar-refractivity contribution in [3.8, 4) is 0 Å². The second-order valence-corrected chi connectivity index (χ2v) is 3.16. The second-order valence-electron chi connectivity index (χ2n) is 3.16. The van der Waals surface area contributed by atoms with Gasteiger partial charge in [-0.3, -0.25) is 4.79 Å². The number of benzene rings is 1. The van der Waals surface area contributed by atoms with Crippen LogP contribution in [-0.4, -0.2) is 17.9 Å². The Morgan fingerprint density at radius 1 is 1.31 bits per heavy atom. The number of hydrogen-bond donors (Lipinski definition) is 0. The minimum Gasteiger partial charge on any atom is -0.318 e. The highest BCUT2D eigenvalue weighted by atomic mass is 16.2. The molecule has 1 aromatic carbocycles. The first-order chi connectivity index (χ1) is 6.29.